The van der Waals surface area contributed by atoms with Crippen LogP contribution in [0.1, 0.15) is 25.3 Å². The molecule has 1 aromatic rings. The van der Waals surface area contributed by atoms with Gasteiger partial charge in [0.2, 0.25) is 0 Å². The van der Waals surface area contributed by atoms with E-state index in [0.717, 1.165) is 30.5 Å². The molecule has 1 aromatic carbocycles. The van der Waals surface area contributed by atoms with Crippen LogP contribution in [0.2, 0.25) is 0 Å². The van der Waals surface area contributed by atoms with E-state index in [4.69, 9.17) is 9.47 Å². The maximum absolute atomic E-state index is 5.62. The Labute approximate surface area is 128 Å². The molecule has 1 atom stereocenters. The molecule has 1 saturated heterocycles. The third-order valence-electron chi connectivity index (χ3n) is 4.01. The van der Waals surface area contributed by atoms with Crippen LogP contribution in [0.3, 0.4) is 0 Å². The molecule has 1 unspecified atom stereocenters. The molecule has 0 amide bonds. The van der Waals surface area contributed by atoms with Crippen LogP contribution in [0.25, 0.3) is 0 Å². The van der Waals surface area contributed by atoms with Crippen molar-refractivity contribution in [3.05, 3.63) is 23.8 Å². The number of benzene rings is 1. The van der Waals surface area contributed by atoms with Gasteiger partial charge in [-0.3, -0.25) is 0 Å². The number of hydrogen-bond acceptors (Lipinski definition) is 4. The van der Waals surface area contributed by atoms with Crippen molar-refractivity contribution >= 4 is 0 Å². The van der Waals surface area contributed by atoms with Crippen molar-refractivity contribution in [1.82, 2.24) is 10.2 Å². The molecule has 0 radical (unpaired) electrons. The molecule has 0 saturated carbocycles. The molecule has 4 nitrogen and oxygen atoms in total. The highest BCUT2D eigenvalue weighted by Crippen LogP contribution is 2.28. The monoisotopic (exact) mass is 292 g/mol. The van der Waals surface area contributed by atoms with Crippen LogP contribution in [-0.2, 0) is 6.54 Å². The summed E-state index contributed by atoms with van der Waals surface area (Å²) in [5, 5.41) is 3.58. The predicted octanol–water partition coefficient (Wildman–Crippen LogP) is 2.53. The van der Waals surface area contributed by atoms with Gasteiger partial charge in [-0.2, -0.15) is 0 Å². The van der Waals surface area contributed by atoms with Crippen molar-refractivity contribution in [3.8, 4) is 11.5 Å². The van der Waals surface area contributed by atoms with Crippen molar-refractivity contribution in [2.24, 2.45) is 5.92 Å². The Morgan fingerprint density at radius 2 is 2.19 bits per heavy atom. The fourth-order valence-electron chi connectivity index (χ4n) is 2.96. The first-order valence-corrected chi connectivity index (χ1v) is 7.92. The molecule has 1 heterocycles. The smallest absolute Gasteiger partial charge is 0.161 e. The molecule has 0 bridgehead atoms. The molecule has 0 aliphatic carbocycles. The van der Waals surface area contributed by atoms with E-state index in [9.17, 15) is 0 Å². The van der Waals surface area contributed by atoms with Crippen molar-refractivity contribution in [2.75, 3.05) is 40.4 Å². The van der Waals surface area contributed by atoms with E-state index < -0.39 is 0 Å². The Morgan fingerprint density at radius 1 is 1.33 bits per heavy atom. The first-order chi connectivity index (χ1) is 10.2. The number of hydrogen-bond donors (Lipinski definition) is 1. The Hall–Kier alpha value is -1.26. The second kappa shape index (κ2) is 8.25. The van der Waals surface area contributed by atoms with Crippen LogP contribution in [0, 0.1) is 5.92 Å². The van der Waals surface area contributed by atoms with Gasteiger partial charge >= 0.3 is 0 Å². The van der Waals surface area contributed by atoms with Gasteiger partial charge < -0.3 is 19.7 Å². The Morgan fingerprint density at radius 3 is 2.90 bits per heavy atom. The second-order valence-electron chi connectivity index (χ2n) is 5.82. The third kappa shape index (κ3) is 4.90. The number of rotatable bonds is 7. The van der Waals surface area contributed by atoms with E-state index in [0.29, 0.717) is 6.61 Å². The van der Waals surface area contributed by atoms with Crippen LogP contribution < -0.4 is 14.8 Å². The van der Waals surface area contributed by atoms with E-state index in [-0.39, 0.29) is 0 Å². The van der Waals surface area contributed by atoms with Gasteiger partial charge in [0.05, 0.1) is 13.7 Å². The van der Waals surface area contributed by atoms with Crippen molar-refractivity contribution in [1.29, 1.82) is 0 Å². The minimum atomic E-state index is 0.654. The van der Waals surface area contributed by atoms with Gasteiger partial charge in [0.1, 0.15) is 0 Å². The lowest BCUT2D eigenvalue weighted by Gasteiger charge is -2.29. The number of ether oxygens (including phenoxy) is 2. The average Bonchev–Trinajstić information content (AvgIpc) is 2.48. The van der Waals surface area contributed by atoms with Crippen LogP contribution >= 0.6 is 0 Å². The van der Waals surface area contributed by atoms with Crippen LogP contribution in [0.4, 0.5) is 0 Å². The highest BCUT2D eigenvalue weighted by Gasteiger charge is 2.16. The summed E-state index contributed by atoms with van der Waals surface area (Å²) in [5.74, 6) is 2.40. The topological polar surface area (TPSA) is 33.7 Å². The standard InChI is InChI=1S/C17H28N2O2/c1-4-21-17-10-14(7-8-16(17)20-3)11-18-12-15-6-5-9-19(2)13-15/h7-8,10,15,18H,4-6,9,11-13H2,1-3H3. The first-order valence-electron chi connectivity index (χ1n) is 7.92. The Balaban J connectivity index is 1.83. The predicted molar refractivity (Wildman–Crippen MR) is 86.1 cm³/mol. The maximum atomic E-state index is 5.62. The van der Waals surface area contributed by atoms with Crippen LogP contribution in [0.15, 0.2) is 18.2 Å². The summed E-state index contributed by atoms with van der Waals surface area (Å²) in [7, 11) is 3.89. The summed E-state index contributed by atoms with van der Waals surface area (Å²) in [6, 6.07) is 6.15. The minimum absolute atomic E-state index is 0.654. The summed E-state index contributed by atoms with van der Waals surface area (Å²) < 4.78 is 10.9. The van der Waals surface area contributed by atoms with E-state index in [1.165, 1.54) is 31.5 Å². The summed E-state index contributed by atoms with van der Waals surface area (Å²) in [6.07, 6.45) is 2.66. The van der Waals surface area contributed by atoms with Gasteiger partial charge in [-0.25, -0.2) is 0 Å². The van der Waals surface area contributed by atoms with Gasteiger partial charge in [-0.1, -0.05) is 6.07 Å². The molecule has 21 heavy (non-hydrogen) atoms. The second-order valence-corrected chi connectivity index (χ2v) is 5.82. The highest BCUT2D eigenvalue weighted by atomic mass is 16.5. The van der Waals surface area contributed by atoms with Gasteiger partial charge in [0.15, 0.2) is 11.5 Å². The Kier molecular flexibility index (Phi) is 6.33. The van der Waals surface area contributed by atoms with Crippen molar-refractivity contribution < 1.29 is 9.47 Å². The number of nitrogens with zero attached hydrogens (tertiary/aromatic N) is 1. The number of piperidine rings is 1. The summed E-state index contributed by atoms with van der Waals surface area (Å²) in [4.78, 5) is 2.43. The molecular weight excluding hydrogens is 264 g/mol. The molecule has 2 rings (SSSR count). The summed E-state index contributed by atoms with van der Waals surface area (Å²) in [6.45, 7) is 7.06. The van der Waals surface area contributed by atoms with E-state index in [1.54, 1.807) is 7.11 Å². The number of likely N-dealkylation sites (tertiary alicyclic amines) is 1. The Bertz CT molecular complexity index is 437. The molecule has 1 aliphatic rings. The largest absolute Gasteiger partial charge is 0.493 e. The summed E-state index contributed by atoms with van der Waals surface area (Å²) >= 11 is 0. The molecule has 1 aliphatic heterocycles. The molecule has 118 valence electrons. The zero-order valence-corrected chi connectivity index (χ0v) is 13.5. The van der Waals surface area contributed by atoms with E-state index >= 15 is 0 Å². The zero-order chi connectivity index (χ0) is 15.1. The lowest BCUT2D eigenvalue weighted by molar-refractivity contribution is 0.206. The highest BCUT2D eigenvalue weighted by molar-refractivity contribution is 5.42. The van der Waals surface area contributed by atoms with Gasteiger partial charge in [0, 0.05) is 13.1 Å². The molecule has 0 aromatic heterocycles. The molecule has 1 N–H and O–H groups in total. The normalized spacial score (nSPS) is 19.5. The molecule has 4 heteroatoms. The average molecular weight is 292 g/mol. The van der Waals surface area contributed by atoms with E-state index in [2.05, 4.69) is 29.4 Å². The van der Waals surface area contributed by atoms with Gasteiger partial charge in [-0.05, 0) is 63.5 Å². The SMILES string of the molecule is CCOc1cc(CNCC2CCCN(C)C2)ccc1OC. The van der Waals surface area contributed by atoms with Gasteiger partial charge in [-0.15, -0.1) is 0 Å². The minimum Gasteiger partial charge on any atom is -0.493 e. The number of nitrogens with one attached hydrogen (secondary N) is 1. The van der Waals surface area contributed by atoms with Crippen LogP contribution in [-0.4, -0.2) is 45.3 Å². The summed E-state index contributed by atoms with van der Waals surface area (Å²) in [5.41, 5.74) is 1.24. The number of methoxy groups -OCH3 is 1. The lowest BCUT2D eigenvalue weighted by atomic mass is 9.98. The fourth-order valence-corrected chi connectivity index (χ4v) is 2.96. The molecular formula is C17H28N2O2. The maximum Gasteiger partial charge on any atom is 0.161 e. The van der Waals surface area contributed by atoms with Gasteiger partial charge in [0.25, 0.3) is 0 Å². The van der Waals surface area contributed by atoms with Crippen molar-refractivity contribution in [3.63, 3.8) is 0 Å². The first kappa shape index (κ1) is 16.1. The molecule has 0 spiro atoms. The zero-order valence-electron chi connectivity index (χ0n) is 13.5. The quantitative estimate of drug-likeness (QED) is 0.837. The van der Waals surface area contributed by atoms with E-state index in [1.807, 2.05) is 13.0 Å². The third-order valence-corrected chi connectivity index (χ3v) is 4.01. The lowest BCUT2D eigenvalue weighted by Crippen LogP contribution is -2.37. The fraction of sp³-hybridized carbons (Fsp3) is 0.647. The molecule has 1 fully saturated rings. The van der Waals surface area contributed by atoms with Crippen molar-refractivity contribution in [2.45, 2.75) is 26.3 Å². The van der Waals surface area contributed by atoms with Crippen LogP contribution in [0.5, 0.6) is 11.5 Å².